The van der Waals surface area contributed by atoms with E-state index in [4.69, 9.17) is 52.1 Å². The van der Waals surface area contributed by atoms with Crippen LogP contribution in [0.25, 0.3) is 0 Å². The van der Waals surface area contributed by atoms with E-state index in [-0.39, 0.29) is 119 Å². The first-order valence-electron chi connectivity index (χ1n) is 29.8. The molecule has 0 aromatic heterocycles. The van der Waals surface area contributed by atoms with Gasteiger partial charge in [0.25, 0.3) is 0 Å². The summed E-state index contributed by atoms with van der Waals surface area (Å²) in [5, 5.41) is 114. The van der Waals surface area contributed by atoms with Gasteiger partial charge in [0.2, 0.25) is 31.2 Å². The van der Waals surface area contributed by atoms with E-state index in [9.17, 15) is 94.8 Å². The topological polar surface area (TPSA) is 537 Å². The van der Waals surface area contributed by atoms with Crippen molar-refractivity contribution in [2.75, 3.05) is 33.5 Å². The van der Waals surface area contributed by atoms with Gasteiger partial charge in [-0.15, -0.1) is 0 Å². The van der Waals surface area contributed by atoms with Crippen LogP contribution in [0.4, 0.5) is 0 Å². The quantitative estimate of drug-likeness (QED) is 0.0307. The van der Waals surface area contributed by atoms with Crippen LogP contribution in [-0.2, 0) is 105 Å². The zero-order valence-corrected chi connectivity index (χ0v) is 62.2. The first kappa shape index (κ1) is 84.1. The summed E-state index contributed by atoms with van der Waals surface area (Å²) in [6, 6.07) is 0. The number of ketones is 2. The number of aliphatic hydroxyl groups is 10. The maximum absolute atomic E-state index is 15.4. The fourth-order valence-corrected chi connectivity index (χ4v) is 17.5. The SMILES string of the molecule is CO[C@@H]1[C@@H](O)[C@H](O[C@@H]2[C@@H](O)[C@H](O[C@H]3[C@H](O)[C@@H](O[C@@H]4OC[C@@H](O)[C@H](O)[C@H]4O)[C@H](O[C@H]4[C@H](O[C@H]5CC[C@@]6(C)[C@@H](C[C@@H](O)[C@@]67CC[C@]6(C)[C@@H](C(C)=O)CC[C@@]6(C)C7=O)C5(C)C)OC[C@@H](OS(=O)(=O)[O-])[C@@H]4O)O[C@@H]3C)O[C@H](COS(=O)(=O)[O-])[C@H]2O)O[C@H](COS(=O)(=O)[O-])[C@H]1O.[Na+].[Na+].[Na+]. The molecule has 5 saturated heterocycles. The molecule has 5 aliphatic heterocycles. The molecule has 0 aromatic carbocycles. The van der Waals surface area contributed by atoms with Crippen molar-refractivity contribution in [1.29, 1.82) is 0 Å². The van der Waals surface area contributed by atoms with E-state index in [1.807, 2.05) is 34.6 Å². The Labute approximate surface area is 609 Å². The third-order valence-electron chi connectivity index (χ3n) is 21.5. The molecule has 9 rings (SSSR count). The summed E-state index contributed by atoms with van der Waals surface area (Å²) in [6.45, 7) is 8.26. The van der Waals surface area contributed by atoms with Crippen molar-refractivity contribution in [2.45, 2.75) is 247 Å². The van der Waals surface area contributed by atoms with Crippen LogP contribution in [0.2, 0.25) is 0 Å². The monoisotopic (exact) mass is 1440 g/mol. The van der Waals surface area contributed by atoms with Gasteiger partial charge in [-0.1, -0.05) is 34.6 Å². The summed E-state index contributed by atoms with van der Waals surface area (Å²) in [6.07, 6.45) is -46.6. The van der Waals surface area contributed by atoms with E-state index in [1.54, 1.807) is 0 Å². The summed E-state index contributed by atoms with van der Waals surface area (Å²) in [5.41, 5.74) is -4.59. The summed E-state index contributed by atoms with van der Waals surface area (Å²) in [7, 11) is -15.6. The Kier molecular flexibility index (Phi) is 28.1. The van der Waals surface area contributed by atoms with Gasteiger partial charge < -0.3 is 117 Å². The van der Waals surface area contributed by atoms with Gasteiger partial charge in [0.15, 0.2) is 31.5 Å². The van der Waals surface area contributed by atoms with Gasteiger partial charge in [-0.05, 0) is 81.0 Å². The minimum atomic E-state index is -5.61. The van der Waals surface area contributed by atoms with Crippen LogP contribution in [0.1, 0.15) is 93.4 Å². The normalized spacial score (nSPS) is 48.1. The molecule has 0 radical (unpaired) electrons. The Morgan fingerprint density at radius 2 is 1.07 bits per heavy atom. The molecular formula is C53H83Na3O35S3. The average Bonchev–Trinajstić information content (AvgIpc) is 1.49. The van der Waals surface area contributed by atoms with Crippen molar-refractivity contribution in [3.63, 3.8) is 0 Å². The van der Waals surface area contributed by atoms with E-state index in [0.29, 0.717) is 32.1 Å². The second-order valence-corrected chi connectivity index (χ2v) is 29.8. The number of aliphatic hydroxyl groups excluding tert-OH is 10. The largest absolute Gasteiger partial charge is 1.00 e. The number of hydrogen-bond acceptors (Lipinski definition) is 35. The molecule has 0 bridgehead atoms. The van der Waals surface area contributed by atoms with Crippen LogP contribution in [0.15, 0.2) is 0 Å². The molecular weight excluding hydrogens is 1360 g/mol. The van der Waals surface area contributed by atoms with Crippen molar-refractivity contribution in [2.24, 2.45) is 38.9 Å². The Bertz CT molecular complexity index is 2960. The molecule has 10 N–H and O–H groups in total. The predicted molar refractivity (Wildman–Crippen MR) is 288 cm³/mol. The molecule has 4 saturated carbocycles. The zero-order chi connectivity index (χ0) is 67.4. The summed E-state index contributed by atoms with van der Waals surface area (Å²) in [5.74, 6) is -0.870. The summed E-state index contributed by atoms with van der Waals surface area (Å²) in [4.78, 5) is 28.4. The van der Waals surface area contributed by atoms with Crippen molar-refractivity contribution in [3.05, 3.63) is 0 Å². The molecule has 526 valence electrons. The molecule has 9 aliphatic rings. The Hall–Kier alpha value is 1.11. The number of methoxy groups -OCH3 is 1. The Morgan fingerprint density at radius 3 is 1.63 bits per heavy atom. The van der Waals surface area contributed by atoms with Gasteiger partial charge >= 0.3 is 88.7 Å². The van der Waals surface area contributed by atoms with Gasteiger partial charge in [0, 0.05) is 18.4 Å². The Morgan fingerprint density at radius 1 is 0.553 bits per heavy atom. The molecule has 31 atom stereocenters. The molecule has 94 heavy (non-hydrogen) atoms. The zero-order valence-electron chi connectivity index (χ0n) is 53.8. The smallest absolute Gasteiger partial charge is 0.726 e. The minimum absolute atomic E-state index is 0. The second kappa shape index (κ2) is 31.4. The van der Waals surface area contributed by atoms with Crippen LogP contribution in [0.3, 0.4) is 0 Å². The van der Waals surface area contributed by atoms with Crippen molar-refractivity contribution < 1.29 is 253 Å². The van der Waals surface area contributed by atoms with Crippen LogP contribution < -0.4 is 88.7 Å². The minimum Gasteiger partial charge on any atom is -0.726 e. The van der Waals surface area contributed by atoms with E-state index in [0.717, 1.165) is 7.11 Å². The molecule has 35 nitrogen and oxygen atoms in total. The van der Waals surface area contributed by atoms with Crippen LogP contribution in [0, 0.1) is 38.9 Å². The van der Waals surface area contributed by atoms with E-state index >= 15 is 4.79 Å². The number of ether oxygens (including phenoxy) is 11. The molecule has 4 aliphatic carbocycles. The van der Waals surface area contributed by atoms with E-state index < -0.39 is 244 Å². The third-order valence-corrected chi connectivity index (χ3v) is 22.8. The summed E-state index contributed by atoms with van der Waals surface area (Å²) < 4.78 is 184. The fraction of sp³-hybridized carbons (Fsp3) is 0.962. The number of carbonyl (C=O) groups is 2. The second-order valence-electron chi connectivity index (χ2n) is 26.7. The molecule has 0 aromatic rings. The van der Waals surface area contributed by atoms with Gasteiger partial charge in [-0.25, -0.2) is 25.3 Å². The Balaban J connectivity index is 0.00000467. The fourth-order valence-electron chi connectivity index (χ4n) is 16.4. The molecule has 41 heteroatoms. The summed E-state index contributed by atoms with van der Waals surface area (Å²) >= 11 is 0. The third kappa shape index (κ3) is 16.2. The number of fused-ring (bicyclic) bond motifs is 3. The first-order valence-corrected chi connectivity index (χ1v) is 33.8. The average molecular weight is 1450 g/mol. The van der Waals surface area contributed by atoms with Gasteiger partial charge in [-0.3, -0.25) is 22.1 Å². The van der Waals surface area contributed by atoms with Gasteiger partial charge in [-0.2, -0.15) is 0 Å². The number of carbonyl (C=O) groups excluding carboxylic acids is 2. The van der Waals surface area contributed by atoms with E-state index in [1.165, 1.54) is 13.8 Å². The number of hydrogen-bond donors (Lipinski definition) is 10. The molecule has 9 fully saturated rings. The van der Waals surface area contributed by atoms with Gasteiger partial charge in [0.05, 0.1) is 50.2 Å². The van der Waals surface area contributed by atoms with Gasteiger partial charge in [0.1, 0.15) is 115 Å². The number of rotatable bonds is 20. The number of Topliss-reactive ketones (excluding diaryl/α,β-unsaturated/α-hetero) is 2. The van der Waals surface area contributed by atoms with Crippen LogP contribution in [-0.4, -0.2) is 289 Å². The van der Waals surface area contributed by atoms with E-state index in [2.05, 4.69) is 12.5 Å². The molecule has 0 amide bonds. The van der Waals surface area contributed by atoms with Crippen molar-refractivity contribution in [1.82, 2.24) is 0 Å². The predicted octanol–water partition coefficient (Wildman–Crippen LogP) is -14.5. The van der Waals surface area contributed by atoms with Crippen LogP contribution in [0.5, 0.6) is 0 Å². The van der Waals surface area contributed by atoms with Crippen molar-refractivity contribution in [3.8, 4) is 0 Å². The molecule has 1 spiro atoms. The molecule has 0 unspecified atom stereocenters. The maximum Gasteiger partial charge on any atom is 1.00 e. The van der Waals surface area contributed by atoms with Crippen molar-refractivity contribution >= 4 is 42.8 Å². The van der Waals surface area contributed by atoms with Crippen LogP contribution >= 0.6 is 0 Å². The maximum atomic E-state index is 15.4. The standard InChI is InChI=1S/C53H86O35S3.3Na/c1-20(54)22-9-11-52(7)48(65)53(14-13-50(22,52)5)28(56)15-27-49(3,4)29(10-12-51(27,53)6)83-46-41(33(60)26(17-77-46)88-91(72,73)74)87-47-42(86-43-34(61)30(57)23(55)16-76-43)35(62)38(21(2)80-47)84-45-37(64)40(32(59)25(82-45)19-79-90(69,70)71)85-44-36(63)39(75-8)31(58)24(81-44)18-78-89(66,67)68;;;/h21-47,55-64H,9-19H2,1-8H3,(H,66,67,68)(H,69,70,71)(H,72,73,74);;;/q;3*+1/p-3/t21-,22-,23-,24-,25-,26-,27+,28-,29+,30+,31-,32-,33+,34-,35+,36-,37-,38-,39+,40+,41-,42-,43+,44+,45+,46+,47+,50-,51+,52+,53-;;;/m1.../s1. The molecule has 5 heterocycles. The first-order chi connectivity index (χ1) is 42.0.